The van der Waals surface area contributed by atoms with E-state index in [4.69, 9.17) is 5.11 Å². The highest BCUT2D eigenvalue weighted by Crippen LogP contribution is 2.27. The Bertz CT molecular complexity index is 1090. The molecule has 9 heteroatoms. The van der Waals surface area contributed by atoms with Crippen molar-refractivity contribution < 1.29 is 18.3 Å². The Morgan fingerprint density at radius 3 is 2.56 bits per heavy atom. The number of amides is 1. The average molecular weight is 450 g/mol. The molecule has 0 spiro atoms. The van der Waals surface area contributed by atoms with E-state index in [9.17, 15) is 13.2 Å². The molecule has 27 heavy (non-hydrogen) atoms. The molecule has 0 aliphatic heterocycles. The molecule has 1 amide bonds. The van der Waals surface area contributed by atoms with E-state index in [0.717, 1.165) is 15.1 Å². The van der Waals surface area contributed by atoms with Crippen LogP contribution in [0.25, 0.3) is 10.8 Å². The van der Waals surface area contributed by atoms with Gasteiger partial charge in [0.25, 0.3) is 10.0 Å². The van der Waals surface area contributed by atoms with Gasteiger partial charge in [-0.25, -0.2) is 13.2 Å². The normalized spacial score (nSPS) is 11.3. The van der Waals surface area contributed by atoms with E-state index in [1.165, 1.54) is 6.20 Å². The van der Waals surface area contributed by atoms with E-state index in [0.29, 0.717) is 10.2 Å². The quantitative estimate of drug-likeness (QED) is 0.599. The standard InChI is InChI=1S/C18H16BrN3O4S/c19-15-10-16(12-20-11-15)22(8-7-21-18(23)24)27(25,26)17-6-5-13-3-1-2-4-14(13)9-17/h1-6,9-12,21H,7-8H2,(H,23,24). The van der Waals surface area contributed by atoms with Crippen LogP contribution in [0.1, 0.15) is 0 Å². The lowest BCUT2D eigenvalue weighted by Gasteiger charge is -2.24. The van der Waals surface area contributed by atoms with Crippen molar-refractivity contribution in [2.75, 3.05) is 17.4 Å². The monoisotopic (exact) mass is 449 g/mol. The lowest BCUT2D eigenvalue weighted by molar-refractivity contribution is 0.195. The molecular formula is C18H16BrN3O4S. The highest BCUT2D eigenvalue weighted by atomic mass is 79.9. The van der Waals surface area contributed by atoms with Crippen molar-refractivity contribution in [3.05, 3.63) is 65.4 Å². The first-order valence-corrected chi connectivity index (χ1v) is 10.2. The van der Waals surface area contributed by atoms with Gasteiger partial charge in [-0.05, 0) is 44.9 Å². The molecule has 0 radical (unpaired) electrons. The maximum atomic E-state index is 13.3. The van der Waals surface area contributed by atoms with Crippen molar-refractivity contribution in [3.8, 4) is 0 Å². The molecular weight excluding hydrogens is 434 g/mol. The summed E-state index contributed by atoms with van der Waals surface area (Å²) in [4.78, 5) is 14.9. The number of nitrogens with zero attached hydrogens (tertiary/aromatic N) is 2. The molecule has 1 heterocycles. The van der Waals surface area contributed by atoms with Crippen molar-refractivity contribution in [3.63, 3.8) is 0 Å². The summed E-state index contributed by atoms with van der Waals surface area (Å²) in [5.74, 6) is 0. The molecule has 0 aliphatic rings. The second-order valence-electron chi connectivity index (χ2n) is 5.68. The fourth-order valence-corrected chi connectivity index (χ4v) is 4.48. The maximum absolute atomic E-state index is 13.3. The summed E-state index contributed by atoms with van der Waals surface area (Å²) in [6.07, 6.45) is 1.75. The molecule has 7 nitrogen and oxygen atoms in total. The predicted octanol–water partition coefficient (Wildman–Crippen LogP) is 3.46. The molecule has 0 saturated carbocycles. The van der Waals surface area contributed by atoms with Crippen LogP contribution in [0.15, 0.2) is 70.3 Å². The summed E-state index contributed by atoms with van der Waals surface area (Å²) in [5.41, 5.74) is 0.338. The molecule has 3 aromatic rings. The minimum atomic E-state index is -3.92. The minimum absolute atomic E-state index is 0.0609. The molecule has 0 unspecified atom stereocenters. The van der Waals surface area contributed by atoms with Crippen molar-refractivity contribution in [2.24, 2.45) is 0 Å². The number of rotatable bonds is 6. The molecule has 0 bridgehead atoms. The lowest BCUT2D eigenvalue weighted by atomic mass is 10.1. The first kappa shape index (κ1) is 19.1. The van der Waals surface area contributed by atoms with Gasteiger partial charge in [-0.1, -0.05) is 30.3 Å². The number of carbonyl (C=O) groups is 1. The molecule has 2 N–H and O–H groups in total. The van der Waals surface area contributed by atoms with Crippen LogP contribution in [0.3, 0.4) is 0 Å². The largest absolute Gasteiger partial charge is 0.465 e. The predicted molar refractivity (Wildman–Crippen MR) is 106 cm³/mol. The van der Waals surface area contributed by atoms with Crippen LogP contribution in [-0.4, -0.2) is 37.7 Å². The number of hydrogen-bond donors (Lipinski definition) is 2. The SMILES string of the molecule is O=C(O)NCCN(c1cncc(Br)c1)S(=O)(=O)c1ccc2ccccc2c1. The second-order valence-corrected chi connectivity index (χ2v) is 8.46. The van der Waals surface area contributed by atoms with Gasteiger partial charge in [-0.3, -0.25) is 9.29 Å². The van der Waals surface area contributed by atoms with Crippen LogP contribution in [0, 0.1) is 0 Å². The fourth-order valence-electron chi connectivity index (χ4n) is 2.64. The average Bonchev–Trinajstić information content (AvgIpc) is 2.64. The lowest BCUT2D eigenvalue weighted by Crippen LogP contribution is -2.38. The summed E-state index contributed by atoms with van der Waals surface area (Å²) in [5, 5.41) is 12.7. The fraction of sp³-hybridized carbons (Fsp3) is 0.111. The van der Waals surface area contributed by atoms with Crippen LogP contribution in [0.2, 0.25) is 0 Å². The Morgan fingerprint density at radius 2 is 1.85 bits per heavy atom. The number of anilines is 1. The summed E-state index contributed by atoms with van der Waals surface area (Å²) in [7, 11) is -3.92. The van der Waals surface area contributed by atoms with Crippen molar-refractivity contribution in [2.45, 2.75) is 4.90 Å². The third-order valence-corrected chi connectivity index (χ3v) is 6.14. The first-order valence-electron chi connectivity index (χ1n) is 7.97. The van der Waals surface area contributed by atoms with Gasteiger partial charge >= 0.3 is 6.09 Å². The van der Waals surface area contributed by atoms with E-state index in [1.54, 1.807) is 30.5 Å². The van der Waals surface area contributed by atoms with Gasteiger partial charge < -0.3 is 10.4 Å². The summed E-state index contributed by atoms with van der Waals surface area (Å²) in [6, 6.07) is 14.0. The molecule has 2 aromatic carbocycles. The molecule has 0 aliphatic carbocycles. The zero-order valence-electron chi connectivity index (χ0n) is 14.0. The topological polar surface area (TPSA) is 99.6 Å². The number of benzene rings is 2. The van der Waals surface area contributed by atoms with E-state index >= 15 is 0 Å². The van der Waals surface area contributed by atoms with Crippen LogP contribution >= 0.6 is 15.9 Å². The number of pyridine rings is 1. The van der Waals surface area contributed by atoms with Crippen LogP contribution < -0.4 is 9.62 Å². The van der Waals surface area contributed by atoms with Gasteiger partial charge in [-0.2, -0.15) is 0 Å². The molecule has 1 aromatic heterocycles. The first-order chi connectivity index (χ1) is 12.9. The number of aromatic nitrogens is 1. The van der Waals surface area contributed by atoms with Crippen molar-refractivity contribution in [1.82, 2.24) is 10.3 Å². The van der Waals surface area contributed by atoms with Crippen molar-refractivity contribution in [1.29, 1.82) is 0 Å². The van der Waals surface area contributed by atoms with Crippen LogP contribution in [0.4, 0.5) is 10.5 Å². The Kier molecular flexibility index (Phi) is 5.62. The molecule has 0 atom stereocenters. The smallest absolute Gasteiger partial charge is 0.404 e. The van der Waals surface area contributed by atoms with Gasteiger partial charge in [0.1, 0.15) is 0 Å². The highest BCUT2D eigenvalue weighted by Gasteiger charge is 2.25. The molecule has 0 saturated heterocycles. The highest BCUT2D eigenvalue weighted by molar-refractivity contribution is 9.10. The zero-order valence-corrected chi connectivity index (χ0v) is 16.4. The number of hydrogen-bond acceptors (Lipinski definition) is 4. The number of sulfonamides is 1. The third-order valence-electron chi connectivity index (χ3n) is 3.88. The van der Waals surface area contributed by atoms with Gasteiger partial charge in [0, 0.05) is 17.2 Å². The summed E-state index contributed by atoms with van der Waals surface area (Å²) >= 11 is 3.28. The Labute approximate surface area is 164 Å². The van der Waals surface area contributed by atoms with Crippen LogP contribution in [0.5, 0.6) is 0 Å². The summed E-state index contributed by atoms with van der Waals surface area (Å²) < 4.78 is 28.3. The Morgan fingerprint density at radius 1 is 1.11 bits per heavy atom. The maximum Gasteiger partial charge on any atom is 0.404 e. The van der Waals surface area contributed by atoms with Gasteiger partial charge in [0.15, 0.2) is 0 Å². The number of nitrogens with one attached hydrogen (secondary N) is 1. The number of carboxylic acid groups (broad SMARTS) is 1. The minimum Gasteiger partial charge on any atom is -0.465 e. The Hall–Kier alpha value is -2.65. The van der Waals surface area contributed by atoms with Crippen LogP contribution in [-0.2, 0) is 10.0 Å². The van der Waals surface area contributed by atoms with Gasteiger partial charge in [-0.15, -0.1) is 0 Å². The summed E-state index contributed by atoms with van der Waals surface area (Å²) in [6.45, 7) is -0.131. The zero-order chi connectivity index (χ0) is 19.4. The molecule has 0 fully saturated rings. The molecule has 3 rings (SSSR count). The van der Waals surface area contributed by atoms with Gasteiger partial charge in [0.05, 0.1) is 23.3 Å². The van der Waals surface area contributed by atoms with Gasteiger partial charge in [0.2, 0.25) is 0 Å². The Balaban J connectivity index is 2.03. The van der Waals surface area contributed by atoms with E-state index < -0.39 is 16.1 Å². The van der Waals surface area contributed by atoms with E-state index in [2.05, 4.69) is 26.2 Å². The third kappa shape index (κ3) is 4.37. The molecule has 140 valence electrons. The number of fused-ring (bicyclic) bond motifs is 1. The second kappa shape index (κ2) is 7.93. The van der Waals surface area contributed by atoms with Crippen molar-refractivity contribution >= 4 is 48.5 Å². The van der Waals surface area contributed by atoms with E-state index in [-0.39, 0.29) is 18.0 Å². The van der Waals surface area contributed by atoms with E-state index in [1.807, 2.05) is 24.3 Å². The number of halogens is 1.